The van der Waals surface area contributed by atoms with Gasteiger partial charge in [-0.3, -0.25) is 9.59 Å². The fourth-order valence-corrected chi connectivity index (χ4v) is 6.44. The van der Waals surface area contributed by atoms with E-state index in [0.29, 0.717) is 24.8 Å². The lowest BCUT2D eigenvalue weighted by Gasteiger charge is -2.65. The number of hydrogen-bond donors (Lipinski definition) is 4. The van der Waals surface area contributed by atoms with Crippen LogP contribution in [0.15, 0.2) is 23.3 Å². The highest BCUT2D eigenvalue weighted by molar-refractivity contribution is 5.92. The van der Waals surface area contributed by atoms with E-state index in [9.17, 15) is 29.7 Å². The van der Waals surface area contributed by atoms with Crippen molar-refractivity contribution in [3.63, 3.8) is 0 Å². The number of ether oxygens (including phenoxy) is 2. The molecule has 4 rings (SSSR count). The third-order valence-electron chi connectivity index (χ3n) is 8.58. The lowest BCUT2D eigenvalue weighted by Crippen LogP contribution is -2.78. The Hall–Kier alpha value is -2.23. The van der Waals surface area contributed by atoms with Gasteiger partial charge in [-0.2, -0.15) is 0 Å². The first-order chi connectivity index (χ1) is 15.3. The number of fused-ring (bicyclic) bond motifs is 4. The Morgan fingerprint density at radius 1 is 1.18 bits per heavy atom. The molecule has 0 bridgehead atoms. The summed E-state index contributed by atoms with van der Waals surface area (Å²) in [7, 11) is 0. The van der Waals surface area contributed by atoms with Gasteiger partial charge < -0.3 is 29.9 Å². The number of carboxylic acid groups (broad SMARTS) is 1. The van der Waals surface area contributed by atoms with Crippen LogP contribution >= 0.6 is 0 Å². The number of rotatable bonds is 5. The summed E-state index contributed by atoms with van der Waals surface area (Å²) in [5, 5.41) is 44.6. The van der Waals surface area contributed by atoms with E-state index in [1.807, 2.05) is 6.92 Å². The summed E-state index contributed by atoms with van der Waals surface area (Å²) in [5.74, 6) is -3.08. The average Bonchev–Trinajstić information content (AvgIpc) is 3.12. The highest BCUT2D eigenvalue weighted by atomic mass is 16.6. The van der Waals surface area contributed by atoms with Crippen LogP contribution < -0.4 is 0 Å². The highest BCUT2D eigenvalue weighted by Gasteiger charge is 2.73. The fraction of sp³-hybridized carbons (Fsp3) is 0.708. The number of carboxylic acids is 1. The summed E-state index contributed by atoms with van der Waals surface area (Å²) in [6, 6.07) is 0. The predicted octanol–water partition coefficient (Wildman–Crippen LogP) is 1.25. The molecule has 1 heterocycles. The van der Waals surface area contributed by atoms with Gasteiger partial charge in [0.1, 0.15) is 23.4 Å². The highest BCUT2D eigenvalue weighted by Crippen LogP contribution is 2.64. The number of carbonyl (C=O) groups is 3. The minimum absolute atomic E-state index is 0.00493. The summed E-state index contributed by atoms with van der Waals surface area (Å²) in [5.41, 5.74) is -5.08. The second kappa shape index (κ2) is 7.65. The molecule has 33 heavy (non-hydrogen) atoms. The van der Waals surface area contributed by atoms with Crippen molar-refractivity contribution in [2.75, 3.05) is 6.61 Å². The van der Waals surface area contributed by atoms with E-state index >= 15 is 0 Å². The average molecular weight is 465 g/mol. The molecule has 0 aromatic carbocycles. The van der Waals surface area contributed by atoms with Crippen LogP contribution in [0, 0.1) is 17.3 Å². The maximum absolute atomic E-state index is 12.5. The Labute approximate surface area is 192 Å². The first kappa shape index (κ1) is 23.9. The Kier molecular flexibility index (Phi) is 5.54. The van der Waals surface area contributed by atoms with E-state index in [0.717, 1.165) is 5.57 Å². The standard InChI is InChI=1S/C24H32O9/c1-13(2)22(29)10-11-24(31)21(3)8-6-14-15(12-32-19(14)28)16(21)7-9-23(24,30)20(22)33-18(27)5-4-17(25)26/h10-11,13,16,20,29-31H,4-9,12H2,1-3H3,(H,25,26)/t16-,20+,21-,22+,23+,24+/m0/s1. The fourth-order valence-electron chi connectivity index (χ4n) is 6.44. The van der Waals surface area contributed by atoms with Gasteiger partial charge in [0, 0.05) is 11.0 Å². The Morgan fingerprint density at radius 2 is 1.88 bits per heavy atom. The van der Waals surface area contributed by atoms with Gasteiger partial charge in [0.15, 0.2) is 6.10 Å². The predicted molar refractivity (Wildman–Crippen MR) is 114 cm³/mol. The lowest BCUT2D eigenvalue weighted by atomic mass is 9.44. The van der Waals surface area contributed by atoms with E-state index in [-0.39, 0.29) is 24.9 Å². The maximum Gasteiger partial charge on any atom is 0.334 e. The Bertz CT molecular complexity index is 952. The molecule has 0 spiro atoms. The van der Waals surface area contributed by atoms with Gasteiger partial charge in [-0.05, 0) is 43.1 Å². The van der Waals surface area contributed by atoms with Crippen LogP contribution in [0.3, 0.4) is 0 Å². The molecule has 1 fully saturated rings. The zero-order valence-electron chi connectivity index (χ0n) is 19.2. The van der Waals surface area contributed by atoms with Gasteiger partial charge >= 0.3 is 17.9 Å². The summed E-state index contributed by atoms with van der Waals surface area (Å²) >= 11 is 0. The first-order valence-corrected chi connectivity index (χ1v) is 11.5. The molecule has 0 amide bonds. The van der Waals surface area contributed by atoms with Crippen LogP contribution in [0.5, 0.6) is 0 Å². The van der Waals surface area contributed by atoms with Gasteiger partial charge in [-0.25, -0.2) is 4.79 Å². The van der Waals surface area contributed by atoms with Gasteiger partial charge in [0.2, 0.25) is 0 Å². The van der Waals surface area contributed by atoms with Crippen LogP contribution in [-0.4, -0.2) is 67.8 Å². The smallest absolute Gasteiger partial charge is 0.334 e. The first-order valence-electron chi connectivity index (χ1n) is 11.5. The molecule has 9 heteroatoms. The molecular formula is C24H32O9. The van der Waals surface area contributed by atoms with Gasteiger partial charge in [0.05, 0.1) is 12.8 Å². The number of esters is 2. The second-order valence-electron chi connectivity index (χ2n) is 10.4. The molecule has 1 saturated carbocycles. The molecule has 0 unspecified atom stereocenters. The van der Waals surface area contributed by atoms with Crippen molar-refractivity contribution in [3.8, 4) is 0 Å². The number of hydrogen-bond acceptors (Lipinski definition) is 8. The molecular weight excluding hydrogens is 432 g/mol. The normalized spacial score (nSPS) is 41.8. The SMILES string of the molecule is CC(C)[C@]1(O)C=C[C@@]2(O)[C@@]3(C)CCC4=C(COC4=O)[C@@H]3CC[C@@]2(O)[C@@H]1OC(=O)CCC(=O)O. The largest absolute Gasteiger partial charge is 0.481 e. The van der Waals surface area contributed by atoms with E-state index in [4.69, 9.17) is 14.6 Å². The van der Waals surface area contributed by atoms with Crippen molar-refractivity contribution < 1.29 is 44.3 Å². The van der Waals surface area contributed by atoms with E-state index < -0.39 is 59.0 Å². The second-order valence-corrected chi connectivity index (χ2v) is 10.4. The van der Waals surface area contributed by atoms with Gasteiger partial charge in [-0.1, -0.05) is 32.9 Å². The van der Waals surface area contributed by atoms with Crippen molar-refractivity contribution >= 4 is 17.9 Å². The van der Waals surface area contributed by atoms with Crippen molar-refractivity contribution in [2.45, 2.75) is 82.2 Å². The van der Waals surface area contributed by atoms with Gasteiger partial charge in [-0.15, -0.1) is 0 Å². The number of carbonyl (C=O) groups excluding carboxylic acids is 2. The number of cyclic esters (lactones) is 1. The monoisotopic (exact) mass is 464 g/mol. The molecule has 182 valence electrons. The summed E-state index contributed by atoms with van der Waals surface area (Å²) in [6.07, 6.45) is 1.65. The maximum atomic E-state index is 12.5. The molecule has 0 radical (unpaired) electrons. The van der Waals surface area contributed by atoms with Crippen molar-refractivity contribution in [1.82, 2.24) is 0 Å². The summed E-state index contributed by atoms with van der Waals surface area (Å²) < 4.78 is 10.8. The topological polar surface area (TPSA) is 151 Å². The van der Waals surface area contributed by atoms with E-state index in [1.54, 1.807) is 13.8 Å². The van der Waals surface area contributed by atoms with Gasteiger partial charge in [0.25, 0.3) is 0 Å². The molecule has 0 saturated heterocycles. The quantitative estimate of drug-likeness (QED) is 0.348. The molecule has 1 aliphatic heterocycles. The molecule has 3 aliphatic carbocycles. The summed E-state index contributed by atoms with van der Waals surface area (Å²) in [4.78, 5) is 35.5. The molecule has 0 aromatic rings. The zero-order chi connectivity index (χ0) is 24.4. The zero-order valence-corrected chi connectivity index (χ0v) is 19.2. The Morgan fingerprint density at radius 3 is 2.52 bits per heavy atom. The third kappa shape index (κ3) is 3.19. The van der Waals surface area contributed by atoms with Crippen LogP contribution in [0.2, 0.25) is 0 Å². The van der Waals surface area contributed by atoms with Crippen molar-refractivity contribution in [2.24, 2.45) is 17.3 Å². The van der Waals surface area contributed by atoms with Crippen molar-refractivity contribution in [1.29, 1.82) is 0 Å². The third-order valence-corrected chi connectivity index (χ3v) is 8.58. The number of aliphatic hydroxyl groups is 3. The van der Waals surface area contributed by atoms with Crippen LogP contribution in [-0.2, 0) is 23.9 Å². The Balaban J connectivity index is 1.77. The van der Waals surface area contributed by atoms with E-state index in [2.05, 4.69) is 0 Å². The molecule has 4 aliphatic rings. The molecule has 4 N–H and O–H groups in total. The molecule has 9 nitrogen and oxygen atoms in total. The van der Waals surface area contributed by atoms with Crippen LogP contribution in [0.25, 0.3) is 0 Å². The van der Waals surface area contributed by atoms with Crippen molar-refractivity contribution in [3.05, 3.63) is 23.3 Å². The van der Waals surface area contributed by atoms with Crippen LogP contribution in [0.4, 0.5) is 0 Å². The van der Waals surface area contributed by atoms with E-state index in [1.165, 1.54) is 12.2 Å². The summed E-state index contributed by atoms with van der Waals surface area (Å²) in [6.45, 7) is 5.43. The molecule has 6 atom stereocenters. The lowest BCUT2D eigenvalue weighted by molar-refractivity contribution is -0.298. The minimum Gasteiger partial charge on any atom is -0.481 e. The number of aliphatic carboxylic acids is 1. The minimum atomic E-state index is -2.02. The molecule has 0 aromatic heterocycles. The van der Waals surface area contributed by atoms with Crippen LogP contribution in [0.1, 0.15) is 59.3 Å².